The van der Waals surface area contributed by atoms with Crippen molar-refractivity contribution in [3.63, 3.8) is 0 Å². The summed E-state index contributed by atoms with van der Waals surface area (Å²) >= 11 is 0. The van der Waals surface area contributed by atoms with E-state index in [1.807, 2.05) is 13.0 Å². The first kappa shape index (κ1) is 16.0. The van der Waals surface area contributed by atoms with Crippen molar-refractivity contribution in [3.05, 3.63) is 23.8 Å². The van der Waals surface area contributed by atoms with Crippen LogP contribution in [0.1, 0.15) is 59.8 Å². The van der Waals surface area contributed by atoms with Gasteiger partial charge in [0.15, 0.2) is 5.78 Å². The number of hydrogen-bond acceptors (Lipinski definition) is 2. The monoisotopic (exact) mass is 302 g/mol. The molecule has 0 heterocycles. The molecule has 0 aromatic heterocycles. The van der Waals surface area contributed by atoms with Gasteiger partial charge in [0.1, 0.15) is 0 Å². The number of fused-ring (bicyclic) bond motifs is 3. The van der Waals surface area contributed by atoms with E-state index < -0.39 is 6.10 Å². The molecule has 0 radical (unpaired) electrons. The highest BCUT2D eigenvalue weighted by Gasteiger charge is 2.59. The fourth-order valence-corrected chi connectivity index (χ4v) is 5.81. The van der Waals surface area contributed by atoms with Gasteiger partial charge in [-0.3, -0.25) is 4.79 Å². The smallest absolute Gasteiger partial charge is 0.158 e. The van der Waals surface area contributed by atoms with E-state index in [4.69, 9.17) is 0 Å². The maximum absolute atomic E-state index is 12.4. The summed E-state index contributed by atoms with van der Waals surface area (Å²) in [6, 6.07) is 0. The molecule has 0 spiro atoms. The van der Waals surface area contributed by atoms with Crippen molar-refractivity contribution in [3.8, 4) is 0 Å². The molecule has 0 amide bonds. The molecule has 122 valence electrons. The summed E-state index contributed by atoms with van der Waals surface area (Å²) in [5.74, 6) is 1.34. The van der Waals surface area contributed by atoms with Crippen LogP contribution in [0.25, 0.3) is 0 Å². The number of carbonyl (C=O) groups excluding carboxylic acids is 1. The predicted octanol–water partition coefficient (Wildman–Crippen LogP) is 4.29. The van der Waals surface area contributed by atoms with Gasteiger partial charge in [-0.25, -0.2) is 0 Å². The van der Waals surface area contributed by atoms with Gasteiger partial charge in [0.05, 0.1) is 6.10 Å². The summed E-state index contributed by atoms with van der Waals surface area (Å²) in [7, 11) is 0. The fourth-order valence-electron chi connectivity index (χ4n) is 5.81. The minimum absolute atomic E-state index is 0.0764. The first-order chi connectivity index (χ1) is 10.2. The normalized spacial score (nSPS) is 48.2. The Balaban J connectivity index is 2.08. The van der Waals surface area contributed by atoms with Crippen molar-refractivity contribution in [2.24, 2.45) is 28.6 Å². The van der Waals surface area contributed by atoms with Crippen LogP contribution in [0.2, 0.25) is 0 Å². The number of ketones is 1. The summed E-state index contributed by atoms with van der Waals surface area (Å²) < 4.78 is 0. The maximum Gasteiger partial charge on any atom is 0.158 e. The molecular weight excluding hydrogens is 272 g/mol. The molecule has 1 N–H and O–H groups in total. The molecule has 0 aromatic rings. The maximum atomic E-state index is 12.4. The van der Waals surface area contributed by atoms with E-state index in [0.717, 1.165) is 12.0 Å². The van der Waals surface area contributed by atoms with Gasteiger partial charge in [0, 0.05) is 6.42 Å². The van der Waals surface area contributed by atoms with E-state index in [1.54, 1.807) is 0 Å². The molecule has 0 saturated heterocycles. The van der Waals surface area contributed by atoms with Gasteiger partial charge in [0.2, 0.25) is 0 Å². The fraction of sp³-hybridized carbons (Fsp3) is 0.750. The number of rotatable bonds is 1. The molecule has 0 aliphatic heterocycles. The van der Waals surface area contributed by atoms with Crippen LogP contribution in [0.5, 0.6) is 0 Å². The van der Waals surface area contributed by atoms with Gasteiger partial charge in [-0.05, 0) is 79.8 Å². The quantitative estimate of drug-likeness (QED) is 0.734. The SMILES string of the molecule is C=C(C)[C@@H]1CC[C@]2(C)CC[C@@]3(C)CC(=O)C(C)=C[C@H](O)[C@@H]3[C@@H]12. The molecule has 3 aliphatic rings. The average Bonchev–Trinajstić information content (AvgIpc) is 2.72. The first-order valence-electron chi connectivity index (χ1n) is 8.73. The Morgan fingerprint density at radius 3 is 2.50 bits per heavy atom. The van der Waals surface area contributed by atoms with Crippen molar-refractivity contribution >= 4 is 5.78 Å². The highest BCUT2D eigenvalue weighted by molar-refractivity contribution is 5.95. The second-order valence-corrected chi connectivity index (χ2v) is 8.79. The van der Waals surface area contributed by atoms with Gasteiger partial charge in [-0.1, -0.05) is 26.0 Å². The van der Waals surface area contributed by atoms with Crippen molar-refractivity contribution in [2.75, 3.05) is 0 Å². The summed E-state index contributed by atoms with van der Waals surface area (Å²) in [4.78, 5) is 12.4. The molecule has 6 atom stereocenters. The highest BCUT2D eigenvalue weighted by Crippen LogP contribution is 2.65. The number of hydrogen-bond donors (Lipinski definition) is 1. The summed E-state index contributed by atoms with van der Waals surface area (Å²) in [6.07, 6.45) is 6.56. The molecule has 22 heavy (non-hydrogen) atoms. The molecule has 2 saturated carbocycles. The van der Waals surface area contributed by atoms with E-state index in [0.29, 0.717) is 23.7 Å². The van der Waals surface area contributed by atoms with Crippen LogP contribution in [0, 0.1) is 28.6 Å². The third-order valence-corrected chi connectivity index (χ3v) is 7.15. The Morgan fingerprint density at radius 2 is 1.86 bits per heavy atom. The lowest BCUT2D eigenvalue weighted by Crippen LogP contribution is -2.51. The first-order valence-corrected chi connectivity index (χ1v) is 8.73. The molecule has 0 bridgehead atoms. The van der Waals surface area contributed by atoms with E-state index in [1.165, 1.54) is 24.8 Å². The zero-order valence-electron chi connectivity index (χ0n) is 14.5. The Morgan fingerprint density at radius 1 is 1.23 bits per heavy atom. The third-order valence-electron chi connectivity index (χ3n) is 7.15. The number of Topliss-reactive ketones (excluding diaryl/α,β-unsaturated/α-hetero) is 1. The zero-order valence-corrected chi connectivity index (χ0v) is 14.5. The van der Waals surface area contributed by atoms with Crippen LogP contribution in [-0.2, 0) is 4.79 Å². The van der Waals surface area contributed by atoms with Crippen LogP contribution in [0.15, 0.2) is 23.8 Å². The predicted molar refractivity (Wildman–Crippen MR) is 89.4 cm³/mol. The second-order valence-electron chi connectivity index (χ2n) is 8.79. The summed E-state index contributed by atoms with van der Waals surface area (Å²) in [5, 5.41) is 10.9. The summed E-state index contributed by atoms with van der Waals surface area (Å²) in [6.45, 7) is 12.9. The van der Waals surface area contributed by atoms with Gasteiger partial charge < -0.3 is 5.11 Å². The second kappa shape index (κ2) is 5.06. The molecule has 2 fully saturated rings. The Hall–Kier alpha value is -0.890. The molecule has 2 nitrogen and oxygen atoms in total. The molecule has 0 unspecified atom stereocenters. The molecule has 0 aromatic carbocycles. The topological polar surface area (TPSA) is 37.3 Å². The summed E-state index contributed by atoms with van der Waals surface area (Å²) in [5.41, 5.74) is 2.22. The van der Waals surface area contributed by atoms with Crippen molar-refractivity contribution < 1.29 is 9.90 Å². The number of aliphatic hydroxyl groups is 1. The standard InChI is InChI=1S/C20H30O2/c1-12(2)14-6-7-19(4)8-9-20(5)11-16(22)13(3)10-15(21)18(20)17(14)19/h10,14-15,17-18,21H,1,6-9,11H2,2-5H3/t14-,15-,17+,18+,19+,20-/m0/s1. The number of allylic oxidation sites excluding steroid dienone is 2. The van der Waals surface area contributed by atoms with Crippen molar-refractivity contribution in [2.45, 2.75) is 65.9 Å². The molecule has 3 rings (SSSR count). The molecule has 3 aliphatic carbocycles. The molecular formula is C20H30O2. The number of carbonyl (C=O) groups is 1. The van der Waals surface area contributed by atoms with Crippen LogP contribution >= 0.6 is 0 Å². The van der Waals surface area contributed by atoms with Crippen LogP contribution in [0.3, 0.4) is 0 Å². The van der Waals surface area contributed by atoms with Crippen molar-refractivity contribution in [1.29, 1.82) is 0 Å². The van der Waals surface area contributed by atoms with Crippen molar-refractivity contribution in [1.82, 2.24) is 0 Å². The zero-order chi connectivity index (χ0) is 16.3. The van der Waals surface area contributed by atoms with Crippen LogP contribution in [0.4, 0.5) is 0 Å². The van der Waals surface area contributed by atoms with Crippen LogP contribution < -0.4 is 0 Å². The Bertz CT molecular complexity index is 546. The lowest BCUT2D eigenvalue weighted by atomic mass is 9.50. The average molecular weight is 302 g/mol. The molecule has 2 heteroatoms. The van der Waals surface area contributed by atoms with E-state index in [-0.39, 0.29) is 17.1 Å². The van der Waals surface area contributed by atoms with Gasteiger partial charge >= 0.3 is 0 Å². The van der Waals surface area contributed by atoms with Gasteiger partial charge in [-0.15, -0.1) is 0 Å². The van der Waals surface area contributed by atoms with E-state index in [9.17, 15) is 9.90 Å². The third kappa shape index (κ3) is 2.22. The lowest BCUT2D eigenvalue weighted by molar-refractivity contribution is -0.124. The highest BCUT2D eigenvalue weighted by atomic mass is 16.3. The minimum Gasteiger partial charge on any atom is -0.389 e. The Labute approximate surface area is 134 Å². The van der Waals surface area contributed by atoms with E-state index in [2.05, 4.69) is 27.4 Å². The minimum atomic E-state index is -0.499. The van der Waals surface area contributed by atoms with E-state index >= 15 is 0 Å². The number of aliphatic hydroxyl groups excluding tert-OH is 1. The Kier molecular flexibility index (Phi) is 3.67. The van der Waals surface area contributed by atoms with Gasteiger partial charge in [-0.2, -0.15) is 0 Å². The van der Waals surface area contributed by atoms with Crippen LogP contribution in [-0.4, -0.2) is 17.0 Å². The largest absolute Gasteiger partial charge is 0.389 e. The van der Waals surface area contributed by atoms with Gasteiger partial charge in [0.25, 0.3) is 0 Å². The lowest BCUT2D eigenvalue weighted by Gasteiger charge is -2.54.